The lowest BCUT2D eigenvalue weighted by atomic mass is 10.1. The Morgan fingerprint density at radius 1 is 1.33 bits per heavy atom. The normalized spacial score (nSPS) is 29.3. The van der Waals surface area contributed by atoms with Gasteiger partial charge in [0, 0.05) is 18.3 Å². The van der Waals surface area contributed by atoms with Crippen molar-refractivity contribution in [2.24, 2.45) is 0 Å². The van der Waals surface area contributed by atoms with Gasteiger partial charge in [-0.3, -0.25) is 0 Å². The maximum absolute atomic E-state index is 2.63. The Kier molecular flexibility index (Phi) is 3.92. The first-order chi connectivity index (χ1) is 7.25. The summed E-state index contributed by atoms with van der Waals surface area (Å²) in [6.45, 7) is 8.30. The van der Waals surface area contributed by atoms with Crippen molar-refractivity contribution in [3.8, 4) is 0 Å². The van der Waals surface area contributed by atoms with Gasteiger partial charge in [-0.15, -0.1) is 0 Å². The van der Waals surface area contributed by atoms with Gasteiger partial charge in [0.15, 0.2) is 0 Å². The number of likely N-dealkylation sites (tertiary alicyclic amines) is 1. The van der Waals surface area contributed by atoms with E-state index < -0.39 is 0 Å². The second-order valence-electron chi connectivity index (χ2n) is 4.87. The highest BCUT2D eigenvalue weighted by Gasteiger charge is 2.23. The lowest BCUT2D eigenvalue weighted by molar-refractivity contribution is 0.242. The quantitative estimate of drug-likeness (QED) is 0.721. The zero-order valence-electron chi connectivity index (χ0n) is 9.82. The molecule has 0 spiro atoms. The molecular weight excluding hydrogens is 202 g/mol. The van der Waals surface area contributed by atoms with Crippen LogP contribution in [-0.4, -0.2) is 29.8 Å². The van der Waals surface area contributed by atoms with Gasteiger partial charge in [0.25, 0.3) is 0 Å². The zero-order chi connectivity index (χ0) is 10.7. The Balaban J connectivity index is 1.86. The van der Waals surface area contributed by atoms with E-state index in [0.717, 1.165) is 5.25 Å². The van der Waals surface area contributed by atoms with E-state index in [1.54, 1.807) is 5.92 Å². The molecule has 0 bridgehead atoms. The molecule has 2 rings (SSSR count). The second-order valence-corrected chi connectivity index (χ2v) is 7.09. The zero-order valence-corrected chi connectivity index (χ0v) is 10.7. The van der Waals surface area contributed by atoms with E-state index in [9.17, 15) is 0 Å². The van der Waals surface area contributed by atoms with Crippen LogP contribution in [0.15, 0.2) is 23.0 Å². The Morgan fingerprint density at radius 2 is 2.07 bits per heavy atom. The number of nitrogens with zero attached hydrogens (tertiary/aromatic N) is 1. The first kappa shape index (κ1) is 11.3. The SMILES string of the molecule is C[C](C)CN1CCCC([SH]2C=CC=C2)C1. The third-order valence-electron chi connectivity index (χ3n) is 3.07. The number of rotatable bonds is 3. The van der Waals surface area contributed by atoms with Crippen molar-refractivity contribution in [2.45, 2.75) is 31.9 Å². The molecular formula is C13H22NS. The molecule has 1 fully saturated rings. The molecule has 0 saturated carbocycles. The lowest BCUT2D eigenvalue weighted by Gasteiger charge is -2.36. The van der Waals surface area contributed by atoms with Crippen LogP contribution in [-0.2, 0) is 0 Å². The van der Waals surface area contributed by atoms with Gasteiger partial charge < -0.3 is 4.90 Å². The summed E-state index contributed by atoms with van der Waals surface area (Å²) in [7, 11) is 0.0731. The van der Waals surface area contributed by atoms with E-state index in [0.29, 0.717) is 0 Å². The molecule has 1 unspecified atom stereocenters. The molecule has 0 aromatic heterocycles. The summed E-state index contributed by atoms with van der Waals surface area (Å²) in [6.07, 6.45) is 7.27. The highest BCUT2D eigenvalue weighted by molar-refractivity contribution is 8.22. The molecule has 0 aromatic rings. The lowest BCUT2D eigenvalue weighted by Crippen LogP contribution is -2.39. The molecule has 1 atom stereocenters. The average Bonchev–Trinajstić information content (AvgIpc) is 2.69. The molecule has 1 radical (unpaired) electrons. The van der Waals surface area contributed by atoms with Gasteiger partial charge in [-0.05, 0) is 36.1 Å². The molecule has 2 aliphatic rings. The summed E-state index contributed by atoms with van der Waals surface area (Å²) < 4.78 is 0. The number of hydrogen-bond acceptors (Lipinski definition) is 1. The van der Waals surface area contributed by atoms with Gasteiger partial charge >= 0.3 is 0 Å². The fourth-order valence-corrected chi connectivity index (χ4v) is 4.54. The number of piperidine rings is 1. The monoisotopic (exact) mass is 224 g/mol. The van der Waals surface area contributed by atoms with Crippen LogP contribution in [0.1, 0.15) is 26.7 Å². The molecule has 2 heteroatoms. The summed E-state index contributed by atoms with van der Waals surface area (Å²) in [5, 5.41) is 5.76. The molecule has 15 heavy (non-hydrogen) atoms. The van der Waals surface area contributed by atoms with E-state index in [-0.39, 0.29) is 10.9 Å². The predicted molar refractivity (Wildman–Crippen MR) is 71.3 cm³/mol. The van der Waals surface area contributed by atoms with E-state index in [2.05, 4.69) is 41.7 Å². The Morgan fingerprint density at radius 3 is 2.73 bits per heavy atom. The minimum Gasteiger partial charge on any atom is -0.302 e. The van der Waals surface area contributed by atoms with Crippen LogP contribution in [0.4, 0.5) is 0 Å². The molecule has 85 valence electrons. The molecule has 2 heterocycles. The van der Waals surface area contributed by atoms with Gasteiger partial charge in [0.2, 0.25) is 0 Å². The van der Waals surface area contributed by atoms with Crippen molar-refractivity contribution < 1.29 is 0 Å². The third kappa shape index (κ3) is 3.12. The van der Waals surface area contributed by atoms with Gasteiger partial charge in [0.1, 0.15) is 0 Å². The first-order valence-electron chi connectivity index (χ1n) is 5.89. The van der Waals surface area contributed by atoms with Gasteiger partial charge in [0.05, 0.1) is 0 Å². The molecule has 1 saturated heterocycles. The van der Waals surface area contributed by atoms with Crippen LogP contribution in [0.3, 0.4) is 0 Å². The fraction of sp³-hybridized carbons (Fsp3) is 0.615. The molecule has 0 N–H and O–H groups in total. The van der Waals surface area contributed by atoms with Crippen molar-refractivity contribution in [3.63, 3.8) is 0 Å². The molecule has 0 aromatic carbocycles. The topological polar surface area (TPSA) is 3.24 Å². The van der Waals surface area contributed by atoms with Gasteiger partial charge in [-0.1, -0.05) is 26.0 Å². The van der Waals surface area contributed by atoms with Crippen molar-refractivity contribution in [1.82, 2.24) is 4.90 Å². The van der Waals surface area contributed by atoms with Crippen LogP contribution < -0.4 is 0 Å². The second kappa shape index (κ2) is 5.22. The first-order valence-corrected chi connectivity index (χ1v) is 7.44. The molecule has 0 aliphatic carbocycles. The molecule has 0 amide bonds. The smallest absolute Gasteiger partial charge is 0.00900 e. The third-order valence-corrected chi connectivity index (χ3v) is 5.37. The Bertz CT molecular complexity index is 245. The van der Waals surface area contributed by atoms with E-state index in [4.69, 9.17) is 0 Å². The predicted octanol–water partition coefficient (Wildman–Crippen LogP) is 3.11. The van der Waals surface area contributed by atoms with Crippen LogP contribution >= 0.6 is 10.9 Å². The minimum absolute atomic E-state index is 0.0731. The van der Waals surface area contributed by atoms with Crippen molar-refractivity contribution in [2.75, 3.05) is 19.6 Å². The molecule has 2 aliphatic heterocycles. The van der Waals surface area contributed by atoms with Crippen LogP contribution in [0, 0.1) is 5.92 Å². The fourth-order valence-electron chi connectivity index (χ4n) is 2.46. The highest BCUT2D eigenvalue weighted by Crippen LogP contribution is 2.42. The summed E-state index contributed by atoms with van der Waals surface area (Å²) in [6, 6.07) is 0. The maximum Gasteiger partial charge on any atom is 0.00900 e. The summed E-state index contributed by atoms with van der Waals surface area (Å²) in [5.41, 5.74) is 0. The number of thiol groups is 1. The number of allylic oxidation sites excluding steroid dienone is 2. The molecule has 1 nitrogen and oxygen atoms in total. The van der Waals surface area contributed by atoms with Gasteiger partial charge in [-0.2, -0.15) is 0 Å². The Hall–Kier alpha value is -0.210. The van der Waals surface area contributed by atoms with E-state index in [1.807, 2.05) is 0 Å². The summed E-state index contributed by atoms with van der Waals surface area (Å²) >= 11 is 0. The minimum atomic E-state index is 0.0731. The van der Waals surface area contributed by atoms with Crippen LogP contribution in [0.5, 0.6) is 0 Å². The van der Waals surface area contributed by atoms with Crippen LogP contribution in [0.25, 0.3) is 0 Å². The maximum atomic E-state index is 2.63. The number of hydrogen-bond donors (Lipinski definition) is 1. The summed E-state index contributed by atoms with van der Waals surface area (Å²) in [5.74, 6) is 1.54. The van der Waals surface area contributed by atoms with Crippen LogP contribution in [0.2, 0.25) is 0 Å². The Labute approximate surface area is 96.6 Å². The van der Waals surface area contributed by atoms with Crippen molar-refractivity contribution in [1.29, 1.82) is 0 Å². The standard InChI is InChI=1S/C13H22NS/c1-12(2)10-14-7-5-6-13(11-14)15-8-3-4-9-15/h3-4,8-9,13,15H,5-7,10-11H2,1-2H3. The van der Waals surface area contributed by atoms with Crippen molar-refractivity contribution >= 4 is 10.9 Å². The van der Waals surface area contributed by atoms with Crippen molar-refractivity contribution in [3.05, 3.63) is 28.9 Å². The average molecular weight is 224 g/mol. The highest BCUT2D eigenvalue weighted by atomic mass is 32.2. The summed E-state index contributed by atoms with van der Waals surface area (Å²) in [4.78, 5) is 2.63. The van der Waals surface area contributed by atoms with Gasteiger partial charge in [-0.25, -0.2) is 10.9 Å². The van der Waals surface area contributed by atoms with E-state index >= 15 is 0 Å². The van der Waals surface area contributed by atoms with E-state index in [1.165, 1.54) is 32.5 Å². The largest absolute Gasteiger partial charge is 0.302 e.